The number of ether oxygens (including phenoxy) is 1. The highest BCUT2D eigenvalue weighted by Crippen LogP contribution is 2.28. The van der Waals surface area contributed by atoms with E-state index < -0.39 is 16.1 Å². The molecule has 1 aliphatic rings. The number of carbonyl (C=O) groups excluding carboxylic acids is 1. The summed E-state index contributed by atoms with van der Waals surface area (Å²) < 4.78 is 35.1. The van der Waals surface area contributed by atoms with Crippen molar-refractivity contribution in [2.45, 2.75) is 43.7 Å². The average molecular weight is 458 g/mol. The van der Waals surface area contributed by atoms with Gasteiger partial charge < -0.3 is 10.1 Å². The summed E-state index contributed by atoms with van der Waals surface area (Å²) in [5.41, 5.74) is 2.83. The number of sulfonamides is 1. The van der Waals surface area contributed by atoms with Crippen LogP contribution in [0.3, 0.4) is 0 Å². The number of nitrogens with one attached hydrogen (secondary N) is 1. The minimum absolute atomic E-state index is 0.111. The maximum Gasteiger partial charge on any atom is 0.243 e. The van der Waals surface area contributed by atoms with E-state index >= 15 is 0 Å². The number of para-hydroxylation sites is 1. The van der Waals surface area contributed by atoms with Gasteiger partial charge in [0.2, 0.25) is 15.9 Å². The second-order valence-corrected chi connectivity index (χ2v) is 9.78. The molecule has 0 aliphatic carbocycles. The summed E-state index contributed by atoms with van der Waals surface area (Å²) in [5.74, 6) is -0.311. The molecule has 0 spiro atoms. The van der Waals surface area contributed by atoms with Crippen molar-refractivity contribution < 1.29 is 17.9 Å². The molecule has 1 saturated heterocycles. The van der Waals surface area contributed by atoms with Crippen LogP contribution in [0.5, 0.6) is 0 Å². The zero-order chi connectivity index (χ0) is 22.7. The third-order valence-electron chi connectivity index (χ3n) is 5.76. The van der Waals surface area contributed by atoms with E-state index in [9.17, 15) is 13.2 Å². The van der Waals surface area contributed by atoms with Gasteiger partial charge in [-0.2, -0.15) is 4.31 Å². The van der Waals surface area contributed by atoms with Gasteiger partial charge in [0.25, 0.3) is 0 Å². The highest BCUT2D eigenvalue weighted by Gasteiger charge is 2.38. The van der Waals surface area contributed by atoms with Gasteiger partial charge in [-0.3, -0.25) is 4.79 Å². The van der Waals surface area contributed by atoms with Crippen LogP contribution in [0.2, 0.25) is 0 Å². The molecule has 32 heavy (non-hydrogen) atoms. The first-order valence-electron chi connectivity index (χ1n) is 10.6. The number of hydrogen-bond acceptors (Lipinski definition) is 6. The number of fused-ring (bicyclic) bond motifs is 1. The Bertz CT molecular complexity index is 1220. The van der Waals surface area contributed by atoms with Crippen molar-refractivity contribution in [1.82, 2.24) is 19.3 Å². The smallest absolute Gasteiger partial charge is 0.243 e. The van der Waals surface area contributed by atoms with Gasteiger partial charge in [0, 0.05) is 19.3 Å². The molecule has 1 amide bonds. The average Bonchev–Trinajstić information content (AvgIpc) is 3.21. The van der Waals surface area contributed by atoms with Gasteiger partial charge in [0.05, 0.1) is 23.6 Å². The van der Waals surface area contributed by atoms with Crippen molar-refractivity contribution in [2.75, 3.05) is 25.6 Å². The first-order valence-corrected chi connectivity index (χ1v) is 12.1. The molecule has 3 aromatic rings. The molecule has 9 nitrogen and oxygen atoms in total. The lowest BCUT2D eigenvalue weighted by Crippen LogP contribution is -2.49. The molecule has 4 rings (SSSR count). The minimum Gasteiger partial charge on any atom is -0.383 e. The van der Waals surface area contributed by atoms with Gasteiger partial charge in [0.1, 0.15) is 11.6 Å². The monoisotopic (exact) mass is 457 g/mol. The predicted octanol–water partition coefficient (Wildman–Crippen LogP) is 2.57. The predicted molar refractivity (Wildman–Crippen MR) is 121 cm³/mol. The topological polar surface area (TPSA) is 106 Å². The van der Waals surface area contributed by atoms with E-state index in [1.807, 2.05) is 31.2 Å². The quantitative estimate of drug-likeness (QED) is 0.584. The van der Waals surface area contributed by atoms with E-state index in [4.69, 9.17) is 4.74 Å². The second kappa shape index (κ2) is 9.35. The number of benzene rings is 2. The Labute approximate surface area is 187 Å². The Kier molecular flexibility index (Phi) is 6.54. The molecule has 0 saturated carbocycles. The van der Waals surface area contributed by atoms with E-state index in [0.29, 0.717) is 43.7 Å². The van der Waals surface area contributed by atoms with Crippen molar-refractivity contribution in [1.29, 1.82) is 0 Å². The normalized spacial score (nSPS) is 17.5. The lowest BCUT2D eigenvalue weighted by molar-refractivity contribution is -0.120. The molecule has 0 bridgehead atoms. The molecule has 170 valence electrons. The number of anilines is 1. The number of hydrogen-bond donors (Lipinski definition) is 1. The molecule has 1 aliphatic heterocycles. The number of aryl methyl sites for hydroxylation is 1. The standard InChI is InChI=1S/C22H27N5O4S/c1-16-7-3-4-8-18(16)23-22(28)21-9-5-6-12-27(21)32(29,30)17-10-11-20-19(15-17)24-25-26(20)13-14-31-2/h3-4,7-8,10-11,15,21H,5-6,9,12-14H2,1-2H3,(H,23,28)/t21-/m0/s1. The zero-order valence-electron chi connectivity index (χ0n) is 18.2. The Morgan fingerprint density at radius 1 is 1.22 bits per heavy atom. The number of carbonyl (C=O) groups is 1. The Hall–Kier alpha value is -2.82. The molecule has 1 N–H and O–H groups in total. The summed E-state index contributed by atoms with van der Waals surface area (Å²) >= 11 is 0. The van der Waals surface area contributed by atoms with Gasteiger partial charge >= 0.3 is 0 Å². The maximum atomic E-state index is 13.5. The minimum atomic E-state index is -3.89. The Morgan fingerprint density at radius 3 is 2.81 bits per heavy atom. The molecule has 1 aromatic heterocycles. The van der Waals surface area contributed by atoms with Gasteiger partial charge in [-0.1, -0.05) is 29.8 Å². The summed E-state index contributed by atoms with van der Waals surface area (Å²) in [6.07, 6.45) is 1.99. The Balaban J connectivity index is 1.61. The lowest BCUT2D eigenvalue weighted by Gasteiger charge is -2.33. The van der Waals surface area contributed by atoms with Crippen molar-refractivity contribution in [3.63, 3.8) is 0 Å². The SMILES string of the molecule is COCCn1nnc2cc(S(=O)(=O)N3CCCC[C@H]3C(=O)Nc3ccccc3C)ccc21. The fourth-order valence-corrected chi connectivity index (χ4v) is 5.65. The van der Waals surface area contributed by atoms with Crippen LogP contribution >= 0.6 is 0 Å². The first-order chi connectivity index (χ1) is 15.4. The van der Waals surface area contributed by atoms with E-state index in [-0.39, 0.29) is 10.8 Å². The lowest BCUT2D eigenvalue weighted by atomic mass is 10.0. The third-order valence-corrected chi connectivity index (χ3v) is 7.66. The summed E-state index contributed by atoms with van der Waals surface area (Å²) in [6, 6.07) is 11.5. The molecular formula is C22H27N5O4S. The third kappa shape index (κ3) is 4.38. The molecule has 0 unspecified atom stereocenters. The van der Waals surface area contributed by atoms with Crippen LogP contribution in [-0.2, 0) is 26.1 Å². The van der Waals surface area contributed by atoms with Crippen LogP contribution in [0.15, 0.2) is 47.4 Å². The van der Waals surface area contributed by atoms with Crippen molar-refractivity contribution >= 4 is 32.7 Å². The van der Waals surface area contributed by atoms with Crippen molar-refractivity contribution in [3.05, 3.63) is 48.0 Å². The fraction of sp³-hybridized carbons (Fsp3) is 0.409. The highest BCUT2D eigenvalue weighted by atomic mass is 32.2. The van der Waals surface area contributed by atoms with E-state index in [1.165, 1.54) is 10.4 Å². The molecule has 2 aromatic carbocycles. The molecule has 1 fully saturated rings. The van der Waals surface area contributed by atoms with E-state index in [1.54, 1.807) is 23.9 Å². The molecule has 10 heteroatoms. The molecular weight excluding hydrogens is 430 g/mol. The zero-order valence-corrected chi connectivity index (χ0v) is 19.0. The second-order valence-electron chi connectivity index (χ2n) is 7.89. The number of aromatic nitrogens is 3. The van der Waals surface area contributed by atoms with Gasteiger partial charge in [-0.15, -0.1) is 5.10 Å². The van der Waals surface area contributed by atoms with Crippen LogP contribution in [-0.4, -0.2) is 59.9 Å². The van der Waals surface area contributed by atoms with Crippen LogP contribution < -0.4 is 5.32 Å². The number of piperidine rings is 1. The van der Waals surface area contributed by atoms with Crippen LogP contribution in [0.4, 0.5) is 5.69 Å². The van der Waals surface area contributed by atoms with Crippen molar-refractivity contribution in [2.24, 2.45) is 0 Å². The summed E-state index contributed by atoms with van der Waals surface area (Å²) in [7, 11) is -2.28. The number of nitrogens with zero attached hydrogens (tertiary/aromatic N) is 4. The Morgan fingerprint density at radius 2 is 2.03 bits per heavy atom. The maximum absolute atomic E-state index is 13.5. The van der Waals surface area contributed by atoms with Gasteiger partial charge in [-0.25, -0.2) is 13.1 Å². The van der Waals surface area contributed by atoms with Gasteiger partial charge in [-0.05, 0) is 49.6 Å². The first kappa shape index (κ1) is 22.4. The van der Waals surface area contributed by atoms with E-state index in [2.05, 4.69) is 15.6 Å². The summed E-state index contributed by atoms with van der Waals surface area (Å²) in [6.45, 7) is 3.20. The highest BCUT2D eigenvalue weighted by molar-refractivity contribution is 7.89. The fourth-order valence-electron chi connectivity index (χ4n) is 3.97. The van der Waals surface area contributed by atoms with Crippen molar-refractivity contribution in [3.8, 4) is 0 Å². The van der Waals surface area contributed by atoms with Crippen LogP contribution in [0.1, 0.15) is 24.8 Å². The molecule has 2 heterocycles. The van der Waals surface area contributed by atoms with E-state index in [0.717, 1.165) is 17.5 Å². The van der Waals surface area contributed by atoms with Crippen LogP contribution in [0, 0.1) is 6.92 Å². The number of methoxy groups -OCH3 is 1. The molecule has 0 radical (unpaired) electrons. The number of amides is 1. The molecule has 1 atom stereocenters. The van der Waals surface area contributed by atoms with Crippen LogP contribution in [0.25, 0.3) is 11.0 Å². The summed E-state index contributed by atoms with van der Waals surface area (Å²) in [5, 5.41) is 11.1. The summed E-state index contributed by atoms with van der Waals surface area (Å²) in [4.78, 5) is 13.2. The largest absolute Gasteiger partial charge is 0.383 e. The van der Waals surface area contributed by atoms with Gasteiger partial charge in [0.15, 0.2) is 0 Å². The number of rotatable bonds is 7.